The molecule has 0 radical (unpaired) electrons. The van der Waals surface area contributed by atoms with Crippen molar-refractivity contribution in [2.75, 3.05) is 13.1 Å². The minimum absolute atomic E-state index is 0.622. The molecule has 2 aliphatic rings. The fraction of sp³-hybridized carbons (Fsp3) is 0.727. The first kappa shape index (κ1) is 8.48. The Hall–Kier alpha value is -0.830. The second kappa shape index (κ2) is 3.39. The van der Waals surface area contributed by atoms with Crippen molar-refractivity contribution in [1.29, 1.82) is 0 Å². The molecule has 1 aromatic rings. The van der Waals surface area contributed by atoms with E-state index in [4.69, 9.17) is 0 Å². The molecule has 1 aliphatic carbocycles. The monoisotopic (exact) mass is 191 g/mol. The Kier molecular flexibility index (Phi) is 2.05. The predicted molar refractivity (Wildman–Crippen MR) is 55.4 cm³/mol. The summed E-state index contributed by atoms with van der Waals surface area (Å²) in [5, 5.41) is 3.43. The number of piperidine rings is 1. The molecule has 76 valence electrons. The highest BCUT2D eigenvalue weighted by atomic mass is 15.0. The molecule has 1 saturated heterocycles. The number of nitrogens with zero attached hydrogens (tertiary/aromatic N) is 1. The molecule has 0 aromatic carbocycles. The summed E-state index contributed by atoms with van der Waals surface area (Å²) >= 11 is 0. The number of imidazole rings is 1. The van der Waals surface area contributed by atoms with Gasteiger partial charge in [0.05, 0.1) is 0 Å². The van der Waals surface area contributed by atoms with Crippen LogP contribution in [0.15, 0.2) is 6.20 Å². The van der Waals surface area contributed by atoms with Crippen molar-refractivity contribution in [3.63, 3.8) is 0 Å². The van der Waals surface area contributed by atoms with E-state index in [2.05, 4.69) is 15.3 Å². The molecule has 3 heteroatoms. The van der Waals surface area contributed by atoms with Gasteiger partial charge in [0.2, 0.25) is 0 Å². The largest absolute Gasteiger partial charge is 0.345 e. The van der Waals surface area contributed by atoms with Crippen molar-refractivity contribution >= 4 is 0 Å². The lowest BCUT2D eigenvalue weighted by molar-refractivity contribution is 0.448. The summed E-state index contributed by atoms with van der Waals surface area (Å²) in [7, 11) is 0. The molecule has 1 aliphatic heterocycles. The van der Waals surface area contributed by atoms with Gasteiger partial charge in [0, 0.05) is 30.3 Å². The maximum absolute atomic E-state index is 4.51. The van der Waals surface area contributed by atoms with Gasteiger partial charge in [0.25, 0.3) is 0 Å². The number of rotatable bonds is 2. The molecule has 2 heterocycles. The normalized spacial score (nSPS) is 27.9. The van der Waals surface area contributed by atoms with E-state index < -0.39 is 0 Å². The Morgan fingerprint density at radius 3 is 2.86 bits per heavy atom. The summed E-state index contributed by atoms with van der Waals surface area (Å²) in [5.74, 6) is 2.63. The molecule has 1 unspecified atom stereocenters. The highest BCUT2D eigenvalue weighted by Gasteiger charge is 2.26. The Labute approximate surface area is 84.3 Å². The van der Waals surface area contributed by atoms with Gasteiger partial charge in [-0.3, -0.25) is 0 Å². The lowest BCUT2D eigenvalue weighted by atomic mass is 9.99. The summed E-state index contributed by atoms with van der Waals surface area (Å²) in [6.07, 6.45) is 7.31. The van der Waals surface area contributed by atoms with Crippen LogP contribution in [0.25, 0.3) is 0 Å². The van der Waals surface area contributed by atoms with Crippen molar-refractivity contribution in [2.45, 2.75) is 37.5 Å². The van der Waals surface area contributed by atoms with Gasteiger partial charge < -0.3 is 10.3 Å². The first-order valence-electron chi connectivity index (χ1n) is 5.69. The standard InChI is InChI=1S/C11H17N3/c1-2-9(6-12-5-1)11-13-7-10(14-11)8-3-4-8/h7-9,12H,1-6H2,(H,13,14). The van der Waals surface area contributed by atoms with Gasteiger partial charge in [-0.2, -0.15) is 0 Å². The topological polar surface area (TPSA) is 40.7 Å². The molecule has 1 saturated carbocycles. The van der Waals surface area contributed by atoms with Gasteiger partial charge >= 0.3 is 0 Å². The zero-order valence-electron chi connectivity index (χ0n) is 8.42. The Bertz CT molecular complexity index is 308. The van der Waals surface area contributed by atoms with Crippen molar-refractivity contribution in [1.82, 2.24) is 15.3 Å². The smallest absolute Gasteiger partial charge is 0.110 e. The van der Waals surface area contributed by atoms with Crippen LogP contribution in [0.4, 0.5) is 0 Å². The van der Waals surface area contributed by atoms with E-state index in [1.165, 1.54) is 43.7 Å². The fourth-order valence-corrected chi connectivity index (χ4v) is 2.25. The SMILES string of the molecule is c1nc(C2CCCNC2)[nH]c1C1CC1. The van der Waals surface area contributed by atoms with Crippen LogP contribution in [0.5, 0.6) is 0 Å². The second-order valence-electron chi connectivity index (χ2n) is 4.54. The van der Waals surface area contributed by atoms with Crippen LogP contribution >= 0.6 is 0 Å². The van der Waals surface area contributed by atoms with E-state index in [1.807, 2.05) is 6.20 Å². The lowest BCUT2D eigenvalue weighted by Gasteiger charge is -2.20. The molecule has 0 spiro atoms. The first-order valence-corrected chi connectivity index (χ1v) is 5.69. The quantitative estimate of drug-likeness (QED) is 0.747. The molecule has 0 amide bonds. The van der Waals surface area contributed by atoms with Crippen LogP contribution in [0.1, 0.15) is 49.0 Å². The third kappa shape index (κ3) is 1.57. The molecule has 14 heavy (non-hydrogen) atoms. The first-order chi connectivity index (χ1) is 6.93. The highest BCUT2D eigenvalue weighted by molar-refractivity contribution is 5.15. The Morgan fingerprint density at radius 2 is 2.14 bits per heavy atom. The molecule has 0 bridgehead atoms. The van der Waals surface area contributed by atoms with E-state index in [0.29, 0.717) is 5.92 Å². The van der Waals surface area contributed by atoms with Crippen LogP contribution in [0.2, 0.25) is 0 Å². The molecule has 3 nitrogen and oxygen atoms in total. The molecular formula is C11H17N3. The fourth-order valence-electron chi connectivity index (χ4n) is 2.25. The number of aromatic nitrogens is 2. The average molecular weight is 191 g/mol. The van der Waals surface area contributed by atoms with E-state index in [0.717, 1.165) is 12.5 Å². The third-order valence-corrected chi connectivity index (χ3v) is 3.32. The lowest BCUT2D eigenvalue weighted by Crippen LogP contribution is -2.28. The number of hydrogen-bond donors (Lipinski definition) is 2. The molecule has 1 aromatic heterocycles. The van der Waals surface area contributed by atoms with Gasteiger partial charge in [-0.25, -0.2) is 4.98 Å². The van der Waals surface area contributed by atoms with E-state index in [9.17, 15) is 0 Å². The van der Waals surface area contributed by atoms with E-state index in [1.54, 1.807) is 0 Å². The second-order valence-corrected chi connectivity index (χ2v) is 4.54. The van der Waals surface area contributed by atoms with Gasteiger partial charge in [-0.15, -0.1) is 0 Å². The average Bonchev–Trinajstić information content (AvgIpc) is 2.98. The van der Waals surface area contributed by atoms with Crippen molar-refractivity contribution in [2.24, 2.45) is 0 Å². The number of aromatic amines is 1. The third-order valence-electron chi connectivity index (χ3n) is 3.32. The minimum Gasteiger partial charge on any atom is -0.345 e. The summed E-state index contributed by atoms with van der Waals surface area (Å²) < 4.78 is 0. The summed E-state index contributed by atoms with van der Waals surface area (Å²) in [4.78, 5) is 8.00. The van der Waals surface area contributed by atoms with Gasteiger partial charge in [0.1, 0.15) is 5.82 Å². The van der Waals surface area contributed by atoms with Gasteiger partial charge in [-0.05, 0) is 32.2 Å². The zero-order valence-corrected chi connectivity index (χ0v) is 8.42. The number of nitrogens with one attached hydrogen (secondary N) is 2. The molecular weight excluding hydrogens is 174 g/mol. The zero-order chi connectivity index (χ0) is 9.38. The summed E-state index contributed by atoms with van der Waals surface area (Å²) in [5.41, 5.74) is 1.37. The maximum atomic E-state index is 4.51. The number of hydrogen-bond acceptors (Lipinski definition) is 2. The van der Waals surface area contributed by atoms with Crippen LogP contribution in [-0.2, 0) is 0 Å². The Balaban J connectivity index is 1.74. The molecule has 1 atom stereocenters. The summed E-state index contributed by atoms with van der Waals surface area (Å²) in [6.45, 7) is 2.27. The maximum Gasteiger partial charge on any atom is 0.110 e. The van der Waals surface area contributed by atoms with Crippen molar-refractivity contribution in [3.05, 3.63) is 17.7 Å². The van der Waals surface area contributed by atoms with Crippen LogP contribution in [0, 0.1) is 0 Å². The van der Waals surface area contributed by atoms with Crippen LogP contribution in [-0.4, -0.2) is 23.1 Å². The van der Waals surface area contributed by atoms with E-state index in [-0.39, 0.29) is 0 Å². The summed E-state index contributed by atoms with van der Waals surface area (Å²) in [6, 6.07) is 0. The Morgan fingerprint density at radius 1 is 1.21 bits per heavy atom. The van der Waals surface area contributed by atoms with Crippen LogP contribution in [0.3, 0.4) is 0 Å². The van der Waals surface area contributed by atoms with Gasteiger partial charge in [-0.1, -0.05) is 0 Å². The molecule has 2 fully saturated rings. The highest BCUT2D eigenvalue weighted by Crippen LogP contribution is 2.39. The van der Waals surface area contributed by atoms with Crippen molar-refractivity contribution < 1.29 is 0 Å². The minimum atomic E-state index is 0.622. The molecule has 3 rings (SSSR count). The van der Waals surface area contributed by atoms with E-state index >= 15 is 0 Å². The molecule has 2 N–H and O–H groups in total. The van der Waals surface area contributed by atoms with Crippen molar-refractivity contribution in [3.8, 4) is 0 Å². The number of H-pyrrole nitrogens is 1. The predicted octanol–water partition coefficient (Wildman–Crippen LogP) is 1.75. The van der Waals surface area contributed by atoms with Gasteiger partial charge in [0.15, 0.2) is 0 Å². The van der Waals surface area contributed by atoms with Crippen LogP contribution < -0.4 is 5.32 Å².